The van der Waals surface area contributed by atoms with Crippen LogP contribution in [0.15, 0.2) is 89.6 Å². The molecule has 0 aliphatic heterocycles. The maximum atomic E-state index is 4.85. The summed E-state index contributed by atoms with van der Waals surface area (Å²) < 4.78 is 0. The van der Waals surface area contributed by atoms with Crippen molar-refractivity contribution >= 4 is 5.57 Å². The fourth-order valence-corrected chi connectivity index (χ4v) is 8.88. The molecule has 198 valence electrons. The Labute approximate surface area is 232 Å². The predicted molar refractivity (Wildman–Crippen MR) is 166 cm³/mol. The zero-order valence-corrected chi connectivity index (χ0v) is 25.3. The molecular weight excluding hydrogens is 456 g/mol. The van der Waals surface area contributed by atoms with E-state index < -0.39 is 0 Å². The lowest BCUT2D eigenvalue weighted by Crippen LogP contribution is -2.52. The third-order valence-electron chi connectivity index (χ3n) is 10.7. The van der Waals surface area contributed by atoms with Gasteiger partial charge in [-0.3, -0.25) is 0 Å². The minimum atomic E-state index is -0.118. The molecule has 3 atom stereocenters. The van der Waals surface area contributed by atoms with Crippen molar-refractivity contribution in [1.82, 2.24) is 0 Å². The molecule has 0 fully saturated rings. The third kappa shape index (κ3) is 3.48. The molecule has 0 spiro atoms. The standard InChI is InChI=1S/C38H46/c1-22(2)29-14-13-15-30(18-29)31-17-16-24(5)34-26(7)35-28(9)38(12)27(8)33(23(3)4)25(6)19-37(38,11)21-36(35,10)20-32(31)34/h13-18,22H,3,7-8,19-21H2,1-2,4-6,9-12H3/t36-,37+,38-/m1/s1. The van der Waals surface area contributed by atoms with Crippen molar-refractivity contribution in [3.05, 3.63) is 112 Å². The lowest BCUT2D eigenvalue weighted by atomic mass is 9.41. The Hall–Kier alpha value is -2.86. The smallest absolute Gasteiger partial charge is 0.0194 e. The first-order valence-electron chi connectivity index (χ1n) is 14.4. The van der Waals surface area contributed by atoms with Crippen LogP contribution in [0.3, 0.4) is 0 Å². The highest BCUT2D eigenvalue weighted by Gasteiger charge is 2.59. The number of hydrogen-bond donors (Lipinski definition) is 0. The van der Waals surface area contributed by atoms with Gasteiger partial charge in [-0.25, -0.2) is 0 Å². The largest absolute Gasteiger partial charge is 0.0955 e. The summed E-state index contributed by atoms with van der Waals surface area (Å²) in [6.45, 7) is 35.1. The minimum Gasteiger partial charge on any atom is -0.0955 e. The molecule has 0 radical (unpaired) electrons. The van der Waals surface area contributed by atoms with Crippen molar-refractivity contribution in [1.29, 1.82) is 0 Å². The van der Waals surface area contributed by atoms with Crippen LogP contribution in [-0.2, 0) is 6.42 Å². The van der Waals surface area contributed by atoms with Crippen LogP contribution in [0.5, 0.6) is 0 Å². The Balaban J connectivity index is 1.75. The Morgan fingerprint density at radius 3 is 2.26 bits per heavy atom. The number of rotatable bonds is 3. The Kier molecular flexibility index (Phi) is 6.03. The molecule has 0 saturated carbocycles. The van der Waals surface area contributed by atoms with Gasteiger partial charge in [-0.2, -0.15) is 0 Å². The number of allylic oxidation sites excluding steroid dienone is 7. The van der Waals surface area contributed by atoms with Crippen LogP contribution in [0, 0.1) is 23.2 Å². The summed E-state index contributed by atoms with van der Waals surface area (Å²) in [7, 11) is 0. The Morgan fingerprint density at radius 2 is 1.63 bits per heavy atom. The molecule has 3 aliphatic carbocycles. The van der Waals surface area contributed by atoms with E-state index in [1.807, 2.05) is 0 Å². The monoisotopic (exact) mass is 502 g/mol. The van der Waals surface area contributed by atoms with E-state index in [4.69, 9.17) is 13.2 Å². The van der Waals surface area contributed by atoms with Crippen LogP contribution in [0.25, 0.3) is 16.7 Å². The first kappa shape index (κ1) is 26.7. The molecule has 0 N–H and O–H groups in total. The third-order valence-corrected chi connectivity index (χ3v) is 10.7. The second kappa shape index (κ2) is 8.57. The summed E-state index contributed by atoms with van der Waals surface area (Å²) in [5, 5.41) is 0. The van der Waals surface area contributed by atoms with E-state index in [1.165, 1.54) is 66.8 Å². The van der Waals surface area contributed by atoms with Crippen molar-refractivity contribution in [3.8, 4) is 11.1 Å². The van der Waals surface area contributed by atoms with Gasteiger partial charge < -0.3 is 0 Å². The first-order chi connectivity index (χ1) is 17.7. The van der Waals surface area contributed by atoms with Gasteiger partial charge in [-0.05, 0) is 119 Å². The second-order valence-corrected chi connectivity index (χ2v) is 13.7. The van der Waals surface area contributed by atoms with E-state index in [2.05, 4.69) is 105 Å². The fraction of sp³-hybridized carbons (Fsp3) is 0.421. The summed E-state index contributed by atoms with van der Waals surface area (Å²) in [5.74, 6) is 0.511. The molecule has 0 bridgehead atoms. The molecule has 0 saturated heterocycles. The van der Waals surface area contributed by atoms with Gasteiger partial charge >= 0.3 is 0 Å². The van der Waals surface area contributed by atoms with Crippen LogP contribution < -0.4 is 0 Å². The quantitative estimate of drug-likeness (QED) is 0.391. The normalized spacial score (nSPS) is 28.9. The molecule has 5 rings (SSSR count). The van der Waals surface area contributed by atoms with Crippen molar-refractivity contribution < 1.29 is 0 Å². The Morgan fingerprint density at radius 1 is 0.947 bits per heavy atom. The van der Waals surface area contributed by atoms with Crippen molar-refractivity contribution in [2.24, 2.45) is 16.2 Å². The number of hydrogen-bond acceptors (Lipinski definition) is 0. The van der Waals surface area contributed by atoms with E-state index in [0.717, 1.165) is 24.8 Å². The van der Waals surface area contributed by atoms with Crippen LogP contribution in [0.1, 0.15) is 96.4 Å². The van der Waals surface area contributed by atoms with E-state index in [-0.39, 0.29) is 16.2 Å². The van der Waals surface area contributed by atoms with Gasteiger partial charge in [0.15, 0.2) is 0 Å². The molecule has 2 aromatic rings. The van der Waals surface area contributed by atoms with Crippen molar-refractivity contribution in [2.75, 3.05) is 0 Å². The summed E-state index contributed by atoms with van der Waals surface area (Å²) in [4.78, 5) is 0. The Bertz CT molecular complexity index is 1480. The van der Waals surface area contributed by atoms with Gasteiger partial charge in [0.05, 0.1) is 0 Å². The highest BCUT2D eigenvalue weighted by Crippen LogP contribution is 2.70. The van der Waals surface area contributed by atoms with Crippen LogP contribution in [0.2, 0.25) is 0 Å². The molecule has 0 heteroatoms. The van der Waals surface area contributed by atoms with E-state index in [0.29, 0.717) is 5.92 Å². The van der Waals surface area contributed by atoms with Gasteiger partial charge in [0.1, 0.15) is 0 Å². The summed E-state index contributed by atoms with van der Waals surface area (Å²) in [6.07, 6.45) is 3.26. The van der Waals surface area contributed by atoms with Crippen LogP contribution >= 0.6 is 0 Å². The first-order valence-corrected chi connectivity index (χ1v) is 14.4. The molecule has 0 heterocycles. The fourth-order valence-electron chi connectivity index (χ4n) is 8.88. The number of fused-ring (bicyclic) bond motifs is 3. The van der Waals surface area contributed by atoms with Gasteiger partial charge in [-0.15, -0.1) is 0 Å². The minimum absolute atomic E-state index is 0.0297. The molecule has 0 unspecified atom stereocenters. The average molecular weight is 503 g/mol. The molecule has 0 nitrogen and oxygen atoms in total. The molecule has 0 aromatic heterocycles. The van der Waals surface area contributed by atoms with Gasteiger partial charge in [0, 0.05) is 5.41 Å². The molecule has 0 amide bonds. The van der Waals surface area contributed by atoms with Gasteiger partial charge in [0.25, 0.3) is 0 Å². The topological polar surface area (TPSA) is 0 Å². The lowest BCUT2D eigenvalue weighted by Gasteiger charge is -2.62. The number of aryl methyl sites for hydroxylation is 1. The highest BCUT2D eigenvalue weighted by molar-refractivity contribution is 5.90. The number of benzene rings is 2. The van der Waals surface area contributed by atoms with E-state index in [1.54, 1.807) is 0 Å². The van der Waals surface area contributed by atoms with Crippen LogP contribution in [0.4, 0.5) is 0 Å². The summed E-state index contributed by atoms with van der Waals surface area (Å²) in [5.41, 5.74) is 17.6. The van der Waals surface area contributed by atoms with Crippen LogP contribution in [-0.4, -0.2) is 0 Å². The predicted octanol–water partition coefficient (Wildman–Crippen LogP) is 10.9. The van der Waals surface area contributed by atoms with Gasteiger partial charge in [0.2, 0.25) is 0 Å². The molecular formula is C38H46. The summed E-state index contributed by atoms with van der Waals surface area (Å²) >= 11 is 0. The highest BCUT2D eigenvalue weighted by atomic mass is 14.6. The zero-order valence-electron chi connectivity index (χ0n) is 25.3. The maximum absolute atomic E-state index is 4.85. The molecule has 38 heavy (non-hydrogen) atoms. The summed E-state index contributed by atoms with van der Waals surface area (Å²) in [6, 6.07) is 13.8. The van der Waals surface area contributed by atoms with Crippen molar-refractivity contribution in [3.63, 3.8) is 0 Å². The SMILES string of the molecule is C=C(C)C1=C(C)C[C@@]2(C)C[C@@]3(C)Cc4c(-c5cccc(C(C)C)c5)ccc(C)c4C(=C)C3=C(C)[C@@]2(C)C1=C. The maximum Gasteiger partial charge on any atom is 0.0194 e. The van der Waals surface area contributed by atoms with Gasteiger partial charge in [-0.1, -0.05) is 107 Å². The molecule has 3 aliphatic rings. The molecule has 2 aromatic carbocycles. The second-order valence-electron chi connectivity index (χ2n) is 13.7. The zero-order chi connectivity index (χ0) is 27.9. The lowest BCUT2D eigenvalue weighted by molar-refractivity contribution is 0.0544. The van der Waals surface area contributed by atoms with Crippen molar-refractivity contribution in [2.45, 2.75) is 87.5 Å². The average Bonchev–Trinajstić information content (AvgIpc) is 2.81. The van der Waals surface area contributed by atoms with E-state index >= 15 is 0 Å². The van der Waals surface area contributed by atoms with E-state index in [9.17, 15) is 0 Å².